The van der Waals surface area contributed by atoms with E-state index in [9.17, 15) is 0 Å². The molecule has 1 aromatic heterocycles. The Morgan fingerprint density at radius 3 is 2.82 bits per heavy atom. The topological polar surface area (TPSA) is 46.0 Å². The lowest BCUT2D eigenvalue weighted by Gasteiger charge is -1.99. The van der Waals surface area contributed by atoms with Crippen molar-refractivity contribution in [3.63, 3.8) is 0 Å². The second-order valence-corrected chi connectivity index (χ2v) is 2.95. The number of aliphatic hydroxyl groups excluding tert-OH is 1. The number of aliphatic hydroxyl groups is 1. The average molecular weight is 170 g/mol. The Morgan fingerprint density at radius 2 is 2.27 bits per heavy atom. The van der Waals surface area contributed by atoms with Gasteiger partial charge in [-0.2, -0.15) is 0 Å². The van der Waals surface area contributed by atoms with E-state index in [0.29, 0.717) is 5.82 Å². The fourth-order valence-electron chi connectivity index (χ4n) is 0.774. The molecule has 1 aromatic rings. The summed E-state index contributed by atoms with van der Waals surface area (Å²) in [7, 11) is 0. The number of thioether (sulfide) groups is 1. The molecule has 1 rings (SSSR count). The zero-order chi connectivity index (χ0) is 8.27. The fourth-order valence-corrected chi connectivity index (χ4v) is 1.26. The molecule has 0 spiro atoms. The molecule has 0 atom stereocenters. The Morgan fingerprint density at radius 1 is 1.55 bits per heavy atom. The van der Waals surface area contributed by atoms with Crippen molar-refractivity contribution in [3.8, 4) is 0 Å². The van der Waals surface area contributed by atoms with Crippen molar-refractivity contribution in [2.75, 3.05) is 6.26 Å². The summed E-state index contributed by atoms with van der Waals surface area (Å²) in [5.41, 5.74) is 0.897. The van der Waals surface area contributed by atoms with E-state index >= 15 is 0 Å². The van der Waals surface area contributed by atoms with Gasteiger partial charge >= 0.3 is 0 Å². The highest BCUT2D eigenvalue weighted by molar-refractivity contribution is 7.98. The van der Waals surface area contributed by atoms with Crippen LogP contribution in [0.1, 0.15) is 11.5 Å². The van der Waals surface area contributed by atoms with Crippen molar-refractivity contribution in [2.45, 2.75) is 18.6 Å². The molecule has 11 heavy (non-hydrogen) atoms. The van der Waals surface area contributed by atoms with Crippen LogP contribution in [0.3, 0.4) is 0 Å². The van der Waals surface area contributed by atoms with Crippen molar-refractivity contribution in [1.82, 2.24) is 9.97 Å². The predicted molar refractivity (Wildman–Crippen MR) is 44.5 cm³/mol. The molecule has 0 unspecified atom stereocenters. The zero-order valence-corrected chi connectivity index (χ0v) is 7.35. The summed E-state index contributed by atoms with van der Waals surface area (Å²) in [5, 5.41) is 9.65. The van der Waals surface area contributed by atoms with Crippen LogP contribution in [0.4, 0.5) is 0 Å². The van der Waals surface area contributed by atoms with Crippen LogP contribution in [0, 0.1) is 6.92 Å². The minimum absolute atomic E-state index is 0.0881. The van der Waals surface area contributed by atoms with Gasteiger partial charge in [-0.1, -0.05) is 0 Å². The molecule has 4 heteroatoms. The van der Waals surface area contributed by atoms with E-state index in [1.807, 2.05) is 19.2 Å². The van der Waals surface area contributed by atoms with Crippen LogP contribution in [-0.4, -0.2) is 21.3 Å². The van der Waals surface area contributed by atoms with Gasteiger partial charge in [-0.15, -0.1) is 11.8 Å². The van der Waals surface area contributed by atoms with E-state index in [1.54, 1.807) is 11.8 Å². The standard InChI is InChI=1S/C7H10N2OS/c1-5-3-7(11-2)9-6(4-10)8-5/h3,10H,4H2,1-2H3. The van der Waals surface area contributed by atoms with Crippen molar-refractivity contribution in [1.29, 1.82) is 0 Å². The lowest BCUT2D eigenvalue weighted by molar-refractivity contribution is 0.270. The monoisotopic (exact) mass is 170 g/mol. The second-order valence-electron chi connectivity index (χ2n) is 2.13. The maximum Gasteiger partial charge on any atom is 0.155 e. The number of hydrogen-bond acceptors (Lipinski definition) is 4. The van der Waals surface area contributed by atoms with Crippen molar-refractivity contribution in [3.05, 3.63) is 17.6 Å². The first-order valence-corrected chi connectivity index (χ1v) is 4.48. The summed E-state index contributed by atoms with van der Waals surface area (Å²) in [6.45, 7) is 1.80. The van der Waals surface area contributed by atoms with Gasteiger partial charge in [0.2, 0.25) is 0 Å². The third-order valence-corrected chi connectivity index (χ3v) is 1.85. The maximum atomic E-state index is 8.75. The van der Waals surface area contributed by atoms with E-state index in [0.717, 1.165) is 10.7 Å². The van der Waals surface area contributed by atoms with Gasteiger partial charge in [0.05, 0.1) is 5.03 Å². The molecule has 0 saturated carbocycles. The highest BCUT2D eigenvalue weighted by atomic mass is 32.2. The van der Waals surface area contributed by atoms with Gasteiger partial charge in [0.1, 0.15) is 6.61 Å². The first-order valence-electron chi connectivity index (χ1n) is 3.25. The van der Waals surface area contributed by atoms with E-state index in [4.69, 9.17) is 5.11 Å². The van der Waals surface area contributed by atoms with Crippen molar-refractivity contribution >= 4 is 11.8 Å². The Balaban J connectivity index is 3.02. The minimum Gasteiger partial charge on any atom is -0.388 e. The molecule has 3 nitrogen and oxygen atoms in total. The minimum atomic E-state index is -0.0881. The van der Waals surface area contributed by atoms with E-state index < -0.39 is 0 Å². The summed E-state index contributed by atoms with van der Waals surface area (Å²) in [5.74, 6) is 0.495. The number of aromatic nitrogens is 2. The Hall–Kier alpha value is -0.610. The molecule has 0 aromatic carbocycles. The number of nitrogens with zero attached hydrogens (tertiary/aromatic N) is 2. The van der Waals surface area contributed by atoms with E-state index in [2.05, 4.69) is 9.97 Å². The molecule has 0 amide bonds. The molecule has 1 N–H and O–H groups in total. The highest BCUT2D eigenvalue weighted by Gasteiger charge is 1.98. The van der Waals surface area contributed by atoms with Crippen LogP contribution >= 0.6 is 11.8 Å². The fraction of sp³-hybridized carbons (Fsp3) is 0.429. The summed E-state index contributed by atoms with van der Waals surface area (Å²) < 4.78 is 0. The van der Waals surface area contributed by atoms with Crippen LogP contribution in [-0.2, 0) is 6.61 Å². The average Bonchev–Trinajstić information content (AvgIpc) is 2.03. The van der Waals surface area contributed by atoms with Gasteiger partial charge in [-0.05, 0) is 19.2 Å². The SMILES string of the molecule is CSc1cc(C)nc(CO)n1. The Labute approximate surface area is 69.9 Å². The lowest BCUT2D eigenvalue weighted by atomic mass is 10.4. The van der Waals surface area contributed by atoms with Crippen LogP contribution in [0.2, 0.25) is 0 Å². The summed E-state index contributed by atoms with van der Waals surface area (Å²) in [4.78, 5) is 8.10. The first kappa shape index (κ1) is 8.49. The summed E-state index contributed by atoms with van der Waals surface area (Å²) >= 11 is 1.55. The third-order valence-electron chi connectivity index (χ3n) is 1.23. The quantitative estimate of drug-likeness (QED) is 0.531. The van der Waals surface area contributed by atoms with E-state index in [1.165, 1.54) is 0 Å². The molecule has 0 aliphatic heterocycles. The number of hydrogen-bond donors (Lipinski definition) is 1. The van der Waals surface area contributed by atoms with Crippen LogP contribution in [0.5, 0.6) is 0 Å². The normalized spacial score (nSPS) is 10.1. The second kappa shape index (κ2) is 3.69. The molecule has 0 bridgehead atoms. The number of rotatable bonds is 2. The molecule has 0 aliphatic carbocycles. The highest BCUT2D eigenvalue weighted by Crippen LogP contribution is 2.11. The van der Waals surface area contributed by atoms with Gasteiger partial charge in [0.25, 0.3) is 0 Å². The van der Waals surface area contributed by atoms with Gasteiger partial charge in [-0.3, -0.25) is 0 Å². The third kappa shape index (κ3) is 2.17. The first-order chi connectivity index (χ1) is 5.26. The van der Waals surface area contributed by atoms with Crippen molar-refractivity contribution < 1.29 is 5.11 Å². The molecule has 0 radical (unpaired) electrons. The van der Waals surface area contributed by atoms with Gasteiger partial charge < -0.3 is 5.11 Å². The summed E-state index contributed by atoms with van der Waals surface area (Å²) in [6.07, 6.45) is 1.95. The maximum absolute atomic E-state index is 8.75. The number of aryl methyl sites for hydroxylation is 1. The predicted octanol–water partition coefficient (Wildman–Crippen LogP) is 0.999. The largest absolute Gasteiger partial charge is 0.388 e. The van der Waals surface area contributed by atoms with E-state index in [-0.39, 0.29) is 6.61 Å². The zero-order valence-electron chi connectivity index (χ0n) is 6.53. The molecule has 1 heterocycles. The summed E-state index contributed by atoms with van der Waals surface area (Å²) in [6, 6.07) is 1.89. The Kier molecular flexibility index (Phi) is 2.84. The molecular weight excluding hydrogens is 160 g/mol. The molecule has 0 fully saturated rings. The van der Waals surface area contributed by atoms with Crippen LogP contribution in [0.15, 0.2) is 11.1 Å². The molecular formula is C7H10N2OS. The van der Waals surface area contributed by atoms with Crippen LogP contribution < -0.4 is 0 Å². The molecule has 0 aliphatic rings. The van der Waals surface area contributed by atoms with Crippen molar-refractivity contribution in [2.24, 2.45) is 0 Å². The van der Waals surface area contributed by atoms with Gasteiger partial charge in [0, 0.05) is 5.69 Å². The van der Waals surface area contributed by atoms with Gasteiger partial charge in [-0.25, -0.2) is 9.97 Å². The Bertz CT molecular complexity index is 230. The van der Waals surface area contributed by atoms with Gasteiger partial charge in [0.15, 0.2) is 5.82 Å². The lowest BCUT2D eigenvalue weighted by Crippen LogP contribution is -1.97. The van der Waals surface area contributed by atoms with Crippen LogP contribution in [0.25, 0.3) is 0 Å². The molecule has 60 valence electrons. The smallest absolute Gasteiger partial charge is 0.155 e. The molecule has 0 saturated heterocycles.